The second-order valence-corrected chi connectivity index (χ2v) is 6.64. The molecular formula is C23H32N2O4. The van der Waals surface area contributed by atoms with Crippen molar-refractivity contribution in [1.82, 2.24) is 4.90 Å². The van der Waals surface area contributed by atoms with Crippen LogP contribution in [0, 0.1) is 0 Å². The van der Waals surface area contributed by atoms with Crippen LogP contribution in [0.15, 0.2) is 42.5 Å². The summed E-state index contributed by atoms with van der Waals surface area (Å²) in [5, 5.41) is 2.94. The molecule has 158 valence electrons. The van der Waals surface area contributed by atoms with Crippen molar-refractivity contribution in [3.8, 4) is 17.2 Å². The number of carbonyl (C=O) groups excluding carboxylic acids is 1. The molecule has 0 radical (unpaired) electrons. The third-order valence-electron chi connectivity index (χ3n) is 4.81. The van der Waals surface area contributed by atoms with Gasteiger partial charge in [-0.3, -0.25) is 4.79 Å². The first-order valence-electron chi connectivity index (χ1n) is 10.1. The highest BCUT2D eigenvalue weighted by atomic mass is 16.5. The topological polar surface area (TPSA) is 60.0 Å². The van der Waals surface area contributed by atoms with E-state index in [4.69, 9.17) is 14.2 Å². The zero-order valence-corrected chi connectivity index (χ0v) is 17.9. The number of hydrogen-bond acceptors (Lipinski definition) is 5. The van der Waals surface area contributed by atoms with Gasteiger partial charge in [-0.1, -0.05) is 26.0 Å². The van der Waals surface area contributed by atoms with E-state index in [1.165, 1.54) is 0 Å². The summed E-state index contributed by atoms with van der Waals surface area (Å²) in [7, 11) is 3.25. The first kappa shape index (κ1) is 22.6. The van der Waals surface area contributed by atoms with Crippen molar-refractivity contribution in [3.63, 3.8) is 0 Å². The molecule has 1 amide bonds. The number of carbonyl (C=O) groups is 1. The molecule has 0 fully saturated rings. The van der Waals surface area contributed by atoms with Gasteiger partial charge in [0.15, 0.2) is 11.5 Å². The van der Waals surface area contributed by atoms with Gasteiger partial charge in [0.05, 0.1) is 14.2 Å². The first-order chi connectivity index (χ1) is 14.1. The van der Waals surface area contributed by atoms with E-state index in [9.17, 15) is 4.79 Å². The number of ether oxygens (including phenoxy) is 3. The molecule has 1 N–H and O–H groups in total. The van der Waals surface area contributed by atoms with Crippen molar-refractivity contribution < 1.29 is 19.0 Å². The first-order valence-corrected chi connectivity index (χ1v) is 10.1. The largest absolute Gasteiger partial charge is 0.497 e. The van der Waals surface area contributed by atoms with Gasteiger partial charge in [-0.05, 0) is 49.3 Å². The molecule has 2 aromatic carbocycles. The number of methoxy groups -OCH3 is 2. The van der Waals surface area contributed by atoms with Crippen molar-refractivity contribution in [2.24, 2.45) is 0 Å². The van der Waals surface area contributed by atoms with Gasteiger partial charge >= 0.3 is 0 Å². The average molecular weight is 401 g/mol. The van der Waals surface area contributed by atoms with Crippen LogP contribution in [0.2, 0.25) is 0 Å². The molecule has 6 heteroatoms. The molecule has 0 aliphatic heterocycles. The van der Waals surface area contributed by atoms with Gasteiger partial charge < -0.3 is 24.4 Å². The summed E-state index contributed by atoms with van der Waals surface area (Å²) in [6, 6.07) is 13.2. The van der Waals surface area contributed by atoms with Crippen LogP contribution in [0.1, 0.15) is 25.8 Å². The zero-order valence-electron chi connectivity index (χ0n) is 17.9. The maximum absolute atomic E-state index is 12.3. The molecule has 0 unspecified atom stereocenters. The highest BCUT2D eigenvalue weighted by Crippen LogP contribution is 2.30. The minimum Gasteiger partial charge on any atom is -0.497 e. The van der Waals surface area contributed by atoms with Crippen molar-refractivity contribution in [2.45, 2.75) is 26.7 Å². The van der Waals surface area contributed by atoms with Gasteiger partial charge in [0.1, 0.15) is 12.4 Å². The number of likely N-dealkylation sites (N-methyl/N-ethyl adjacent to an activating group) is 1. The van der Waals surface area contributed by atoms with Gasteiger partial charge in [-0.25, -0.2) is 0 Å². The summed E-state index contributed by atoms with van der Waals surface area (Å²) >= 11 is 0. The van der Waals surface area contributed by atoms with Crippen LogP contribution in [0.4, 0.5) is 5.69 Å². The highest BCUT2D eigenvalue weighted by Gasteiger charge is 2.10. The smallest absolute Gasteiger partial charge is 0.224 e. The highest BCUT2D eigenvalue weighted by molar-refractivity contribution is 5.91. The Kier molecular flexibility index (Phi) is 9.31. The van der Waals surface area contributed by atoms with Crippen LogP contribution in [0.3, 0.4) is 0 Å². The van der Waals surface area contributed by atoms with E-state index in [0.717, 1.165) is 30.9 Å². The molecule has 0 bridgehead atoms. The Morgan fingerprint density at radius 2 is 1.69 bits per heavy atom. The summed E-state index contributed by atoms with van der Waals surface area (Å²) in [5.74, 6) is 2.05. The van der Waals surface area contributed by atoms with E-state index in [-0.39, 0.29) is 5.91 Å². The van der Waals surface area contributed by atoms with Gasteiger partial charge in [-0.2, -0.15) is 0 Å². The fourth-order valence-corrected chi connectivity index (χ4v) is 2.97. The number of benzene rings is 2. The number of rotatable bonds is 12. The maximum atomic E-state index is 12.3. The number of hydrogen-bond donors (Lipinski definition) is 1. The molecule has 0 atom stereocenters. The predicted molar refractivity (Wildman–Crippen MR) is 116 cm³/mol. The Balaban J connectivity index is 1.90. The number of nitrogens with zero attached hydrogens (tertiary/aromatic N) is 1. The maximum Gasteiger partial charge on any atom is 0.224 e. The Labute approximate surface area is 173 Å². The van der Waals surface area contributed by atoms with E-state index < -0.39 is 0 Å². The molecule has 0 heterocycles. The van der Waals surface area contributed by atoms with Crippen molar-refractivity contribution in [1.29, 1.82) is 0 Å². The van der Waals surface area contributed by atoms with E-state index in [2.05, 4.69) is 24.1 Å². The lowest BCUT2D eigenvalue weighted by molar-refractivity contribution is -0.116. The summed E-state index contributed by atoms with van der Waals surface area (Å²) in [4.78, 5) is 14.6. The molecule has 0 spiro atoms. The predicted octanol–water partition coefficient (Wildman–Crippen LogP) is 4.00. The summed E-state index contributed by atoms with van der Waals surface area (Å²) in [5.41, 5.74) is 1.79. The minimum absolute atomic E-state index is 0.0416. The van der Waals surface area contributed by atoms with Crippen LogP contribution < -0.4 is 19.5 Å². The number of anilines is 1. The van der Waals surface area contributed by atoms with Crippen molar-refractivity contribution in [3.05, 3.63) is 48.0 Å². The van der Waals surface area contributed by atoms with Crippen LogP contribution in [-0.4, -0.2) is 51.3 Å². The molecule has 2 rings (SSSR count). The molecule has 0 aliphatic carbocycles. The molecule has 0 saturated heterocycles. The van der Waals surface area contributed by atoms with Crippen LogP contribution in [-0.2, 0) is 11.2 Å². The van der Waals surface area contributed by atoms with E-state index in [0.29, 0.717) is 36.6 Å². The average Bonchev–Trinajstić information content (AvgIpc) is 2.76. The normalized spacial score (nSPS) is 10.7. The second kappa shape index (κ2) is 12.0. The fraction of sp³-hybridized carbons (Fsp3) is 0.435. The Hall–Kier alpha value is -2.73. The Bertz CT molecular complexity index is 758. The zero-order chi connectivity index (χ0) is 21.1. The molecule has 0 aliphatic rings. The van der Waals surface area contributed by atoms with E-state index in [1.54, 1.807) is 14.2 Å². The molecule has 0 saturated carbocycles. The third-order valence-corrected chi connectivity index (χ3v) is 4.81. The lowest BCUT2D eigenvalue weighted by Crippen LogP contribution is -2.28. The molecular weight excluding hydrogens is 368 g/mol. The van der Waals surface area contributed by atoms with Crippen molar-refractivity contribution >= 4 is 11.6 Å². The standard InChI is InChI=1S/C23H32N2O4/c1-5-25(6-2)15-16-29-22-17-19(10-13-21(22)28-4)24-23(26)14-9-18-7-11-20(27-3)12-8-18/h7-8,10-13,17H,5-6,9,14-16H2,1-4H3,(H,24,26). The van der Waals surface area contributed by atoms with Gasteiger partial charge in [0, 0.05) is 24.7 Å². The number of aryl methyl sites for hydroxylation is 1. The Morgan fingerprint density at radius 1 is 0.966 bits per heavy atom. The van der Waals surface area contributed by atoms with Gasteiger partial charge in [0.2, 0.25) is 5.91 Å². The lowest BCUT2D eigenvalue weighted by Gasteiger charge is -2.19. The molecule has 0 aromatic heterocycles. The molecule has 6 nitrogen and oxygen atoms in total. The molecule has 29 heavy (non-hydrogen) atoms. The van der Waals surface area contributed by atoms with Crippen molar-refractivity contribution in [2.75, 3.05) is 45.8 Å². The quantitative estimate of drug-likeness (QED) is 0.584. The number of nitrogens with one attached hydrogen (secondary N) is 1. The van der Waals surface area contributed by atoms with E-state index >= 15 is 0 Å². The minimum atomic E-state index is -0.0416. The van der Waals surface area contributed by atoms with Crippen LogP contribution in [0.25, 0.3) is 0 Å². The molecule has 2 aromatic rings. The van der Waals surface area contributed by atoms with Crippen LogP contribution >= 0.6 is 0 Å². The summed E-state index contributed by atoms with van der Waals surface area (Å²) < 4.78 is 16.4. The second-order valence-electron chi connectivity index (χ2n) is 6.64. The lowest BCUT2D eigenvalue weighted by atomic mass is 10.1. The van der Waals surface area contributed by atoms with Gasteiger partial charge in [-0.15, -0.1) is 0 Å². The summed E-state index contributed by atoms with van der Waals surface area (Å²) in [6.45, 7) is 7.64. The third kappa shape index (κ3) is 7.31. The van der Waals surface area contributed by atoms with Gasteiger partial charge in [0.25, 0.3) is 0 Å². The fourth-order valence-electron chi connectivity index (χ4n) is 2.97. The summed E-state index contributed by atoms with van der Waals surface area (Å²) in [6.07, 6.45) is 1.07. The Morgan fingerprint density at radius 3 is 2.31 bits per heavy atom. The van der Waals surface area contributed by atoms with E-state index in [1.807, 2.05) is 42.5 Å². The number of amides is 1. The SMILES string of the molecule is CCN(CC)CCOc1cc(NC(=O)CCc2ccc(OC)cc2)ccc1OC. The van der Waals surface area contributed by atoms with Crippen LogP contribution in [0.5, 0.6) is 17.2 Å². The monoisotopic (exact) mass is 400 g/mol.